The van der Waals surface area contributed by atoms with Crippen molar-refractivity contribution in [1.29, 1.82) is 0 Å². The molecule has 0 aliphatic rings. The van der Waals surface area contributed by atoms with Crippen LogP contribution in [-0.2, 0) is 19.2 Å². The number of aliphatic carboxylic acids is 1. The molecule has 0 heterocycles. The van der Waals surface area contributed by atoms with Gasteiger partial charge in [0.1, 0.15) is 18.6 Å². The van der Waals surface area contributed by atoms with Gasteiger partial charge in [-0.2, -0.15) is 0 Å². The fourth-order valence-corrected chi connectivity index (χ4v) is 2.08. The summed E-state index contributed by atoms with van der Waals surface area (Å²) in [6.45, 7) is 3.14. The fourth-order valence-electron chi connectivity index (χ4n) is 2.08. The van der Waals surface area contributed by atoms with E-state index >= 15 is 0 Å². The Kier molecular flexibility index (Phi) is 11.1. The first-order chi connectivity index (χ1) is 11.7. The predicted octanol–water partition coefficient (Wildman–Crippen LogP) is -2.10. The Hall–Kier alpha value is -2.20. The number of carboxylic acid groups (broad SMARTS) is 1. The molecule has 25 heavy (non-hydrogen) atoms. The summed E-state index contributed by atoms with van der Waals surface area (Å²) in [6.07, 6.45) is 1.56. The molecule has 0 aromatic heterocycles. The zero-order valence-corrected chi connectivity index (χ0v) is 14.7. The molecule has 0 bridgehead atoms. The lowest BCUT2D eigenvalue weighted by Gasteiger charge is -2.25. The van der Waals surface area contributed by atoms with E-state index in [1.807, 2.05) is 0 Å². The molecule has 2 atom stereocenters. The molecular weight excluding hydrogens is 330 g/mol. The quantitative estimate of drug-likeness (QED) is 0.216. The average molecular weight is 359 g/mol. The van der Waals surface area contributed by atoms with Crippen molar-refractivity contribution < 1.29 is 24.3 Å². The highest BCUT2D eigenvalue weighted by atomic mass is 16.4. The van der Waals surface area contributed by atoms with Crippen molar-refractivity contribution in [3.63, 3.8) is 0 Å². The number of hydrogen-bond donors (Lipinski definition) is 6. The van der Waals surface area contributed by atoms with Crippen LogP contribution in [0, 0.1) is 5.92 Å². The second-order valence-electron chi connectivity index (χ2n) is 5.95. The van der Waals surface area contributed by atoms with Gasteiger partial charge in [-0.05, 0) is 31.7 Å². The summed E-state index contributed by atoms with van der Waals surface area (Å²) in [7, 11) is 0. The molecule has 10 nitrogen and oxygen atoms in total. The number of hydrogen-bond acceptors (Lipinski definition) is 6. The van der Waals surface area contributed by atoms with Crippen LogP contribution in [0.15, 0.2) is 0 Å². The minimum Gasteiger partial charge on any atom is -0.480 e. The van der Waals surface area contributed by atoms with Gasteiger partial charge in [-0.3, -0.25) is 19.2 Å². The fraction of sp³-hybridized carbons (Fsp3) is 0.733. The van der Waals surface area contributed by atoms with Crippen LogP contribution in [0.4, 0.5) is 0 Å². The van der Waals surface area contributed by atoms with Crippen molar-refractivity contribution >= 4 is 23.7 Å². The standard InChI is InChI=1S/C15H29N5O5/c1-9(2)13(20-11(21)7-17)15(25)19-10(5-3-4-6-16)14(24)18-8-12(22)23/h9-10,13H,3-8,16-17H2,1-2H3,(H,18,24)(H,19,25)(H,20,21)(H,22,23)/t10-,13-/m0/s1. The lowest BCUT2D eigenvalue weighted by Crippen LogP contribution is -2.56. The Bertz CT molecular complexity index is 469. The predicted molar refractivity (Wildman–Crippen MR) is 91.3 cm³/mol. The first-order valence-corrected chi connectivity index (χ1v) is 8.22. The second kappa shape index (κ2) is 12.2. The van der Waals surface area contributed by atoms with E-state index in [4.69, 9.17) is 16.6 Å². The van der Waals surface area contributed by atoms with Crippen molar-refractivity contribution in [2.75, 3.05) is 19.6 Å². The number of carboxylic acids is 1. The van der Waals surface area contributed by atoms with Gasteiger partial charge in [0, 0.05) is 0 Å². The second-order valence-corrected chi connectivity index (χ2v) is 5.95. The largest absolute Gasteiger partial charge is 0.480 e. The highest BCUT2D eigenvalue weighted by Crippen LogP contribution is 2.06. The van der Waals surface area contributed by atoms with Crippen LogP contribution in [-0.4, -0.2) is 60.5 Å². The molecule has 0 aliphatic carbocycles. The summed E-state index contributed by atoms with van der Waals surface area (Å²) in [6, 6.07) is -1.75. The van der Waals surface area contributed by atoms with Gasteiger partial charge in [0.05, 0.1) is 6.54 Å². The maximum absolute atomic E-state index is 12.4. The SMILES string of the molecule is CC(C)[C@H](NC(=O)CN)C(=O)N[C@@H](CCCCN)C(=O)NCC(=O)O. The average Bonchev–Trinajstić information content (AvgIpc) is 2.55. The van der Waals surface area contributed by atoms with Crippen LogP contribution >= 0.6 is 0 Å². The van der Waals surface area contributed by atoms with E-state index in [0.29, 0.717) is 25.8 Å². The maximum Gasteiger partial charge on any atom is 0.322 e. The first kappa shape index (κ1) is 22.8. The first-order valence-electron chi connectivity index (χ1n) is 8.22. The van der Waals surface area contributed by atoms with E-state index < -0.39 is 42.3 Å². The number of rotatable bonds is 12. The van der Waals surface area contributed by atoms with E-state index in [2.05, 4.69) is 16.0 Å². The monoisotopic (exact) mass is 359 g/mol. The molecule has 0 aliphatic heterocycles. The van der Waals surface area contributed by atoms with E-state index in [1.54, 1.807) is 13.8 Å². The zero-order chi connectivity index (χ0) is 19.4. The molecule has 144 valence electrons. The molecule has 0 aromatic rings. The molecule has 0 unspecified atom stereocenters. The van der Waals surface area contributed by atoms with Crippen LogP contribution in [0.2, 0.25) is 0 Å². The van der Waals surface area contributed by atoms with Gasteiger partial charge in [-0.25, -0.2) is 0 Å². The Morgan fingerprint density at radius 1 is 1.00 bits per heavy atom. The van der Waals surface area contributed by atoms with Crippen molar-refractivity contribution in [2.24, 2.45) is 17.4 Å². The van der Waals surface area contributed by atoms with Gasteiger partial charge in [-0.15, -0.1) is 0 Å². The summed E-state index contributed by atoms with van der Waals surface area (Å²) in [5.41, 5.74) is 10.7. The van der Waals surface area contributed by atoms with Gasteiger partial charge in [0.15, 0.2) is 0 Å². The number of carbonyl (C=O) groups is 4. The minimum atomic E-state index is -1.18. The molecule has 0 aromatic carbocycles. The normalized spacial score (nSPS) is 13.0. The van der Waals surface area contributed by atoms with Crippen LogP contribution < -0.4 is 27.4 Å². The van der Waals surface area contributed by atoms with Crippen molar-refractivity contribution in [3.05, 3.63) is 0 Å². The third-order valence-corrected chi connectivity index (χ3v) is 3.44. The molecule has 0 spiro atoms. The Balaban J connectivity index is 4.97. The molecular formula is C15H29N5O5. The number of unbranched alkanes of at least 4 members (excludes halogenated alkanes) is 1. The van der Waals surface area contributed by atoms with E-state index in [9.17, 15) is 19.2 Å². The van der Waals surface area contributed by atoms with Crippen LogP contribution in [0.5, 0.6) is 0 Å². The highest BCUT2D eigenvalue weighted by molar-refractivity contribution is 5.93. The molecule has 0 saturated carbocycles. The molecule has 0 radical (unpaired) electrons. The van der Waals surface area contributed by atoms with Gasteiger partial charge >= 0.3 is 5.97 Å². The van der Waals surface area contributed by atoms with Crippen molar-refractivity contribution in [2.45, 2.75) is 45.2 Å². The van der Waals surface area contributed by atoms with Gasteiger partial charge < -0.3 is 32.5 Å². The molecule has 0 fully saturated rings. The van der Waals surface area contributed by atoms with Gasteiger partial charge in [0.25, 0.3) is 0 Å². The molecule has 10 heteroatoms. The van der Waals surface area contributed by atoms with Crippen LogP contribution in [0.3, 0.4) is 0 Å². The molecule has 8 N–H and O–H groups in total. The lowest BCUT2D eigenvalue weighted by atomic mass is 10.0. The summed E-state index contributed by atoms with van der Waals surface area (Å²) in [5, 5.41) is 16.0. The molecule has 0 saturated heterocycles. The topological polar surface area (TPSA) is 177 Å². The summed E-state index contributed by atoms with van der Waals surface area (Å²) < 4.78 is 0. The summed E-state index contributed by atoms with van der Waals surface area (Å²) >= 11 is 0. The minimum absolute atomic E-state index is 0.220. The Labute approximate surface area is 147 Å². The van der Waals surface area contributed by atoms with Crippen LogP contribution in [0.25, 0.3) is 0 Å². The smallest absolute Gasteiger partial charge is 0.322 e. The van der Waals surface area contributed by atoms with Gasteiger partial charge in [0.2, 0.25) is 17.7 Å². The molecule has 3 amide bonds. The molecule has 0 rings (SSSR count). The van der Waals surface area contributed by atoms with E-state index in [1.165, 1.54) is 0 Å². The van der Waals surface area contributed by atoms with E-state index in [-0.39, 0.29) is 12.5 Å². The number of carbonyl (C=O) groups excluding carboxylic acids is 3. The third-order valence-electron chi connectivity index (χ3n) is 3.44. The Morgan fingerprint density at radius 2 is 1.64 bits per heavy atom. The third kappa shape index (κ3) is 9.62. The van der Waals surface area contributed by atoms with Crippen LogP contribution in [0.1, 0.15) is 33.1 Å². The summed E-state index contributed by atoms with van der Waals surface area (Å²) in [4.78, 5) is 46.6. The summed E-state index contributed by atoms with van der Waals surface area (Å²) in [5.74, 6) is -3.01. The highest BCUT2D eigenvalue weighted by Gasteiger charge is 2.28. The number of nitrogens with one attached hydrogen (secondary N) is 3. The maximum atomic E-state index is 12.4. The van der Waals surface area contributed by atoms with E-state index in [0.717, 1.165) is 0 Å². The number of amides is 3. The zero-order valence-electron chi connectivity index (χ0n) is 14.7. The number of nitrogens with two attached hydrogens (primary N) is 2. The van der Waals surface area contributed by atoms with Crippen molar-refractivity contribution in [1.82, 2.24) is 16.0 Å². The van der Waals surface area contributed by atoms with Crippen molar-refractivity contribution in [3.8, 4) is 0 Å². The Morgan fingerprint density at radius 3 is 2.12 bits per heavy atom. The van der Waals surface area contributed by atoms with Gasteiger partial charge in [-0.1, -0.05) is 13.8 Å². The lowest BCUT2D eigenvalue weighted by molar-refractivity contribution is -0.138.